The fourth-order valence-corrected chi connectivity index (χ4v) is 15.8. The lowest BCUT2D eigenvalue weighted by molar-refractivity contribution is -0.407. The summed E-state index contributed by atoms with van der Waals surface area (Å²) >= 11 is 0. The van der Waals surface area contributed by atoms with E-state index in [9.17, 15) is 15.0 Å². The molecule has 614 valence electrons. The second kappa shape index (κ2) is 40.7. The number of ether oxygens (including phenoxy) is 19. The minimum absolute atomic E-state index is 0.0116. The van der Waals surface area contributed by atoms with Crippen LogP contribution in [-0.4, -0.2) is 188 Å². The first-order valence-corrected chi connectivity index (χ1v) is 40.1. The first-order valence-electron chi connectivity index (χ1n) is 40.1. The van der Waals surface area contributed by atoms with Gasteiger partial charge in [0, 0.05) is 6.92 Å². The van der Waals surface area contributed by atoms with Crippen LogP contribution in [0.25, 0.3) is 0 Å². The van der Waals surface area contributed by atoms with Crippen molar-refractivity contribution in [3.63, 3.8) is 0 Å². The van der Waals surface area contributed by atoms with Gasteiger partial charge in [-0.15, -0.1) is 0 Å². The van der Waals surface area contributed by atoms with Crippen molar-refractivity contribution in [1.29, 1.82) is 0 Å². The molecule has 6 aliphatic heterocycles. The highest BCUT2D eigenvalue weighted by atomic mass is 16.8. The van der Waals surface area contributed by atoms with Gasteiger partial charge in [0.15, 0.2) is 30.9 Å². The number of benzene rings is 8. The van der Waals surface area contributed by atoms with Crippen LogP contribution in [0.3, 0.4) is 0 Å². The molecule has 8 aromatic rings. The summed E-state index contributed by atoms with van der Waals surface area (Å²) < 4.78 is 134. The molecule has 23 heteroatoms. The van der Waals surface area contributed by atoms with Gasteiger partial charge < -0.3 is 106 Å². The molecule has 1 amide bonds. The van der Waals surface area contributed by atoms with Crippen LogP contribution in [0, 0.1) is 0 Å². The van der Waals surface area contributed by atoms with Crippen molar-refractivity contribution in [3.8, 4) is 0 Å². The predicted octanol–water partition coefficient (Wildman–Crippen LogP) is 12.0. The maximum absolute atomic E-state index is 13.9. The minimum Gasteiger partial charge on any atom is -0.385 e. The molecule has 6 saturated heterocycles. The zero-order valence-electron chi connectivity index (χ0n) is 66.2. The van der Waals surface area contributed by atoms with E-state index in [0.29, 0.717) is 0 Å². The van der Waals surface area contributed by atoms with Gasteiger partial charge in [-0.25, -0.2) is 0 Å². The average molecular weight is 1580 g/mol. The topological polar surface area (TPSA) is 245 Å². The Labute approximate surface area is 673 Å². The average Bonchev–Trinajstić information content (AvgIpc) is 0.758. The number of fused-ring (bicyclic) bond motifs is 1. The molecule has 115 heavy (non-hydrogen) atoms. The normalized spacial score (nSPS) is 32.7. The molecule has 0 radical (unpaired) electrons. The zero-order valence-corrected chi connectivity index (χ0v) is 66.2. The Morgan fingerprint density at radius 3 is 1.04 bits per heavy atom. The van der Waals surface area contributed by atoms with Gasteiger partial charge in [-0.05, 0) is 86.1 Å². The van der Waals surface area contributed by atoms with Crippen molar-refractivity contribution in [3.05, 3.63) is 287 Å². The summed E-state index contributed by atoms with van der Waals surface area (Å²) in [5, 5.41) is 30.4. The summed E-state index contributed by atoms with van der Waals surface area (Å²) in [7, 11) is 0. The molecule has 8 aromatic carbocycles. The van der Waals surface area contributed by atoms with Gasteiger partial charge in [-0.2, -0.15) is 0 Å². The van der Waals surface area contributed by atoms with Crippen LogP contribution in [-0.2, 0) is 148 Å². The Balaban J connectivity index is 0.854. The van der Waals surface area contributed by atoms with Crippen LogP contribution in [0.15, 0.2) is 243 Å². The van der Waals surface area contributed by atoms with Gasteiger partial charge in [0.25, 0.3) is 0 Å². The van der Waals surface area contributed by atoms with E-state index in [0.717, 1.165) is 44.5 Å². The number of aliphatic hydroxyl groups excluding tert-OH is 2. The van der Waals surface area contributed by atoms with Crippen molar-refractivity contribution in [1.82, 2.24) is 5.32 Å². The lowest BCUT2D eigenvalue weighted by Gasteiger charge is -2.53. The summed E-state index contributed by atoms with van der Waals surface area (Å²) in [5.41, 5.74) is 7.02. The number of nitrogens with one attached hydrogen (secondary N) is 1. The Morgan fingerprint density at radius 2 is 0.661 bits per heavy atom. The van der Waals surface area contributed by atoms with Crippen molar-refractivity contribution in [2.75, 3.05) is 13.2 Å². The molecule has 25 atom stereocenters. The van der Waals surface area contributed by atoms with Gasteiger partial charge in [-0.1, -0.05) is 243 Å². The summed E-state index contributed by atoms with van der Waals surface area (Å²) in [4.78, 5) is 13.1. The maximum atomic E-state index is 13.9. The minimum atomic E-state index is -1.75. The molecule has 0 aromatic heterocycles. The van der Waals surface area contributed by atoms with E-state index in [-0.39, 0.29) is 72.0 Å². The second-order valence-electron chi connectivity index (χ2n) is 30.8. The molecule has 6 aliphatic rings. The van der Waals surface area contributed by atoms with Crippen LogP contribution in [0.2, 0.25) is 0 Å². The molecule has 6 heterocycles. The molecular weight excluding hydrogens is 1470 g/mol. The Morgan fingerprint density at radius 1 is 0.357 bits per heavy atom. The van der Waals surface area contributed by atoms with Crippen LogP contribution in [0.1, 0.15) is 93.0 Å². The monoisotopic (exact) mass is 1580 g/mol. The highest BCUT2D eigenvalue weighted by Crippen LogP contribution is 2.42. The molecule has 0 spiro atoms. The number of amides is 1. The Hall–Kier alpha value is -7.61. The summed E-state index contributed by atoms with van der Waals surface area (Å²) in [6.07, 6.45) is -27.0. The molecule has 3 N–H and O–H groups in total. The lowest BCUT2D eigenvalue weighted by Crippen LogP contribution is -2.70. The number of rotatable bonds is 34. The second-order valence-corrected chi connectivity index (χ2v) is 30.8. The van der Waals surface area contributed by atoms with Crippen molar-refractivity contribution >= 4 is 5.91 Å². The van der Waals surface area contributed by atoms with Gasteiger partial charge in [0.2, 0.25) is 5.91 Å². The number of hydrogen-bond donors (Lipinski definition) is 3. The molecule has 6 fully saturated rings. The maximum Gasteiger partial charge on any atom is 0.217 e. The van der Waals surface area contributed by atoms with E-state index < -0.39 is 159 Å². The van der Waals surface area contributed by atoms with Crippen LogP contribution in [0.5, 0.6) is 0 Å². The smallest absolute Gasteiger partial charge is 0.217 e. The summed E-state index contributed by atoms with van der Waals surface area (Å²) in [6, 6.07) is 77.4. The van der Waals surface area contributed by atoms with E-state index >= 15 is 0 Å². The van der Waals surface area contributed by atoms with Gasteiger partial charge in [-0.3, -0.25) is 4.79 Å². The van der Waals surface area contributed by atoms with Crippen LogP contribution < -0.4 is 5.32 Å². The molecule has 14 rings (SSSR count). The third-order valence-electron chi connectivity index (χ3n) is 21.7. The SMILES string of the molecule is CC(=O)NC1[C@H](C)OC2COC(C)(C)O[C@@H]2[C@@H]1O[C@@H]1OC(C)[C@H](OCc2ccccc2)[C@@H](O[C@@H]2OC(C)[C@H](OCc3ccccc3)[C@@H](OCc3ccccc3)C2O[C@@H]2OC(C)[C@H](OCc3ccccc3)[C@@H](O[C@H]3O[C@H](COCc4ccccc4)[C@@H](OCc4ccccc4)C(OCc4ccccc4)C3OCc3ccccc3)C2O)C1O. The molecule has 0 saturated carbocycles. The quantitative estimate of drug-likeness (QED) is 0.0339. The van der Waals surface area contributed by atoms with Crippen molar-refractivity contribution < 1.29 is 105 Å². The largest absolute Gasteiger partial charge is 0.385 e. The third-order valence-corrected chi connectivity index (χ3v) is 21.7. The fourth-order valence-electron chi connectivity index (χ4n) is 15.8. The summed E-state index contributed by atoms with van der Waals surface area (Å²) in [6.45, 7) is 13.5. The molecular formula is C92H109NO22. The Kier molecular flexibility index (Phi) is 29.7. The highest BCUT2D eigenvalue weighted by molar-refractivity contribution is 5.73. The van der Waals surface area contributed by atoms with Gasteiger partial charge in [0.05, 0.1) is 96.5 Å². The van der Waals surface area contributed by atoms with E-state index in [1.165, 1.54) is 6.92 Å². The highest BCUT2D eigenvalue weighted by Gasteiger charge is 2.59. The van der Waals surface area contributed by atoms with E-state index in [4.69, 9.17) is 90.0 Å². The number of aliphatic hydroxyl groups is 2. The van der Waals surface area contributed by atoms with Crippen LogP contribution >= 0.6 is 0 Å². The van der Waals surface area contributed by atoms with E-state index in [1.807, 2.05) is 270 Å². The van der Waals surface area contributed by atoms with E-state index in [2.05, 4.69) is 5.32 Å². The molecule has 0 bridgehead atoms. The number of hydrogen-bond acceptors (Lipinski definition) is 22. The first-order chi connectivity index (χ1) is 56.0. The lowest BCUT2D eigenvalue weighted by atomic mass is 9.91. The van der Waals surface area contributed by atoms with Crippen molar-refractivity contribution in [2.45, 2.75) is 260 Å². The van der Waals surface area contributed by atoms with Crippen LogP contribution in [0.4, 0.5) is 0 Å². The van der Waals surface area contributed by atoms with Gasteiger partial charge in [0.1, 0.15) is 97.7 Å². The van der Waals surface area contributed by atoms with Crippen molar-refractivity contribution in [2.24, 2.45) is 0 Å². The predicted molar refractivity (Wildman–Crippen MR) is 421 cm³/mol. The summed E-state index contributed by atoms with van der Waals surface area (Å²) in [5.74, 6) is -1.42. The molecule has 23 nitrogen and oxygen atoms in total. The molecule has 0 aliphatic carbocycles. The first kappa shape index (κ1) is 83.9. The van der Waals surface area contributed by atoms with Gasteiger partial charge >= 0.3 is 0 Å². The zero-order chi connectivity index (χ0) is 79.6. The standard InChI is InChI=1S/C92H109NO22/c1-58-73(93-62(5)94)81(80-72(106-58)57-105-92(6,7)115-80)111-88-74(95)83(77(59(2)107-88)99-50-65-36-20-10-21-37-65)113-91-87(84(102-53-68-42-26-13-27-43-68)78(61(4)109-91)100-51-66-38-22-11-23-39-66)114-89-75(96)82(76(60(3)108-89)98-49-64-34-18-9-19-35-64)112-90-86(104-55-70-46-30-15-31-47-70)85(103-54-69-44-28-14-29-45-69)79(101-52-67-40-24-12-25-41-67)71(110-90)56-97-48-63-32-16-8-17-33-63/h8-47,58-61,71-91,95-96H,48-57H2,1-7H3,(H,93,94)/t58-,59?,60?,61?,71+,72?,73?,74?,75?,76-,77-,78-,79+,80-,81+,82-,83-,84+,85?,86?,87?,88-,89-,90+,91-/m0/s1. The number of carbonyl (C=O) groups excluding carboxylic acids is 1. The fraction of sp³-hybridized carbons (Fsp3) is 0.467. The number of carbonyl (C=O) groups is 1. The third kappa shape index (κ3) is 22.2. The Bertz CT molecular complexity index is 4160. The molecule has 10 unspecified atom stereocenters. The van der Waals surface area contributed by atoms with E-state index in [1.54, 1.807) is 13.8 Å².